The highest BCUT2D eigenvalue weighted by Crippen LogP contribution is 2.49. The quantitative estimate of drug-likeness (QED) is 0.127. The highest BCUT2D eigenvalue weighted by molar-refractivity contribution is 6.26. The third-order valence-electron chi connectivity index (χ3n) is 17.3. The minimum Gasteiger partial charge on any atom is -0.314 e. The van der Waals surface area contributed by atoms with E-state index in [-0.39, 0.29) is 0 Å². The predicted molar refractivity (Wildman–Crippen MR) is 349 cm³/mol. The van der Waals surface area contributed by atoms with Crippen LogP contribution in [0.25, 0.3) is 98.5 Å². The largest absolute Gasteiger partial charge is 0.314 e. The first-order valence-corrected chi connectivity index (χ1v) is 28.4. The summed E-state index contributed by atoms with van der Waals surface area (Å²) in [6.45, 7) is 9.16. The molecule has 0 aliphatic carbocycles. The number of rotatable bonds is 10. The van der Waals surface area contributed by atoms with Crippen LogP contribution in [0.4, 0.5) is 34.1 Å². The molecule has 0 saturated carbocycles. The summed E-state index contributed by atoms with van der Waals surface area (Å²) >= 11 is 0. The lowest BCUT2D eigenvalue weighted by Gasteiger charge is -2.25. The van der Waals surface area contributed by atoms with Crippen molar-refractivity contribution >= 4 is 99.0 Å². The second kappa shape index (κ2) is 19.7. The van der Waals surface area contributed by atoms with Crippen LogP contribution in [0.1, 0.15) is 22.5 Å². The molecule has 82 heavy (non-hydrogen) atoms. The van der Waals surface area contributed by atoms with Crippen molar-refractivity contribution in [2.45, 2.75) is 27.7 Å². The zero-order chi connectivity index (χ0) is 55.0. The van der Waals surface area contributed by atoms with Gasteiger partial charge in [-0.3, -0.25) is 0 Å². The molecule has 0 saturated heterocycles. The lowest BCUT2D eigenvalue weighted by atomic mass is 9.84. The number of para-hydroxylation sites is 4. The first-order valence-electron chi connectivity index (χ1n) is 28.4. The molecule has 15 rings (SSSR count). The summed E-state index contributed by atoms with van der Waals surface area (Å²) in [5.41, 5.74) is 21.1. The van der Waals surface area contributed by atoms with Crippen LogP contribution in [0.2, 0.25) is 0 Å². The fourth-order valence-electron chi connectivity index (χ4n) is 13.0. The molecule has 0 aliphatic rings. The highest BCUT2D eigenvalue weighted by atomic mass is 15.1. The molecule has 0 aliphatic heterocycles. The zero-order valence-corrected chi connectivity index (χ0v) is 46.3. The first kappa shape index (κ1) is 48.7. The molecule has 0 atom stereocenters. The molecular weight excluding hydrogens is 993 g/mol. The van der Waals surface area contributed by atoms with Gasteiger partial charge in [0.15, 0.2) is 0 Å². The first-order chi connectivity index (χ1) is 40.3. The minimum atomic E-state index is 1.10. The molecule has 0 N–H and O–H groups in total. The maximum atomic E-state index is 2.52. The lowest BCUT2D eigenvalue weighted by Crippen LogP contribution is -2.09. The number of aromatic nitrogens is 2. The number of aryl methyl sites for hydroxylation is 2. The van der Waals surface area contributed by atoms with Crippen molar-refractivity contribution < 1.29 is 0 Å². The topological polar surface area (TPSA) is 16.3 Å². The molecule has 0 fully saturated rings. The molecule has 0 bridgehead atoms. The average Bonchev–Trinajstić information content (AvgIpc) is 4.13. The van der Waals surface area contributed by atoms with Gasteiger partial charge in [0.05, 0.1) is 11.0 Å². The van der Waals surface area contributed by atoms with E-state index in [0.29, 0.717) is 0 Å². The van der Waals surface area contributed by atoms with Crippen LogP contribution in [0, 0.1) is 27.7 Å². The Bertz CT molecular complexity index is 4530. The number of nitrogens with zero attached hydrogens (tertiary/aromatic N) is 4. The highest BCUT2D eigenvalue weighted by Gasteiger charge is 2.25. The molecule has 0 amide bonds. The van der Waals surface area contributed by atoms with E-state index in [1.807, 2.05) is 0 Å². The van der Waals surface area contributed by atoms with E-state index in [4.69, 9.17) is 0 Å². The van der Waals surface area contributed by atoms with E-state index in [2.05, 4.69) is 326 Å². The minimum absolute atomic E-state index is 1.10. The Hall–Kier alpha value is -10.4. The van der Waals surface area contributed by atoms with Crippen molar-refractivity contribution in [3.05, 3.63) is 302 Å². The molecule has 390 valence electrons. The second-order valence-corrected chi connectivity index (χ2v) is 21.8. The van der Waals surface area contributed by atoms with Crippen molar-refractivity contribution in [3.8, 4) is 33.6 Å². The summed E-state index contributed by atoms with van der Waals surface area (Å²) in [6, 6.07) is 102. The van der Waals surface area contributed by atoms with E-state index in [1.54, 1.807) is 0 Å². The Morgan fingerprint density at radius 1 is 0.244 bits per heavy atom. The molecule has 0 spiro atoms. The van der Waals surface area contributed by atoms with Gasteiger partial charge in [-0.25, -0.2) is 0 Å². The summed E-state index contributed by atoms with van der Waals surface area (Å²) in [6.07, 6.45) is 0. The maximum Gasteiger partial charge on any atom is 0.0540 e. The molecule has 13 aromatic carbocycles. The maximum absolute atomic E-state index is 2.52. The normalized spacial score (nSPS) is 11.7. The fraction of sp³-hybridized carbons (Fsp3) is 0.0513. The van der Waals surface area contributed by atoms with Crippen LogP contribution in [0.15, 0.2) is 279 Å². The van der Waals surface area contributed by atoms with Gasteiger partial charge in [-0.2, -0.15) is 0 Å². The number of anilines is 6. The summed E-state index contributed by atoms with van der Waals surface area (Å²) in [7, 11) is 0. The molecule has 2 heterocycles. The Morgan fingerprint density at radius 2 is 0.537 bits per heavy atom. The number of fused-ring (bicyclic) bond motifs is 6. The summed E-state index contributed by atoms with van der Waals surface area (Å²) < 4.78 is 4.96. The van der Waals surface area contributed by atoms with E-state index in [0.717, 1.165) is 45.5 Å². The molecule has 0 radical (unpaired) electrons. The smallest absolute Gasteiger partial charge is 0.0540 e. The third-order valence-corrected chi connectivity index (χ3v) is 17.3. The molecule has 4 heteroatoms. The predicted octanol–water partition coefficient (Wildman–Crippen LogP) is 21.7. The standard InChI is InChI=1S/C78H58N4/c1-51-53(3)79(65-37-41-67(42-38-65)81(61-25-9-5-10-26-61)62-27-11-6-12-28-62)75-49-73-71(47-69(51)75)77(59-35-33-55-21-17-19-23-57(55)45-59)74-50-76-70(48-72(74)78(73)60-36-34-56-22-18-20-24-58(56)46-60)52(2)54(4)80(76)66-39-43-68(44-40-66)82(63-29-13-7-14-30-63)64-31-15-8-16-32-64/h5-50H,1-4H3. The van der Waals surface area contributed by atoms with Crippen molar-refractivity contribution in [1.29, 1.82) is 0 Å². The van der Waals surface area contributed by atoms with Crippen molar-refractivity contribution in [2.24, 2.45) is 0 Å². The summed E-state index contributed by atoms with van der Waals surface area (Å²) in [5, 5.41) is 12.3. The van der Waals surface area contributed by atoms with Crippen molar-refractivity contribution in [2.75, 3.05) is 9.80 Å². The Balaban J connectivity index is 0.989. The number of hydrogen-bond acceptors (Lipinski definition) is 2. The molecule has 2 aromatic heterocycles. The van der Waals surface area contributed by atoms with Crippen LogP contribution in [0.5, 0.6) is 0 Å². The van der Waals surface area contributed by atoms with E-state index < -0.39 is 0 Å². The second-order valence-electron chi connectivity index (χ2n) is 21.8. The van der Waals surface area contributed by atoms with Gasteiger partial charge in [0.2, 0.25) is 0 Å². The van der Waals surface area contributed by atoms with Gasteiger partial charge in [0.1, 0.15) is 0 Å². The Labute approximate surface area is 478 Å². The Kier molecular flexibility index (Phi) is 11.7. The van der Waals surface area contributed by atoms with Gasteiger partial charge >= 0.3 is 0 Å². The lowest BCUT2D eigenvalue weighted by molar-refractivity contribution is 1.04. The van der Waals surface area contributed by atoms with Crippen LogP contribution in [-0.4, -0.2) is 9.13 Å². The van der Waals surface area contributed by atoms with Crippen LogP contribution >= 0.6 is 0 Å². The van der Waals surface area contributed by atoms with E-state index in [1.165, 1.54) is 110 Å². The van der Waals surface area contributed by atoms with E-state index >= 15 is 0 Å². The van der Waals surface area contributed by atoms with Gasteiger partial charge in [0, 0.05) is 67.7 Å². The van der Waals surface area contributed by atoms with Crippen LogP contribution in [-0.2, 0) is 0 Å². The van der Waals surface area contributed by atoms with E-state index in [9.17, 15) is 0 Å². The molecule has 15 aromatic rings. The fourth-order valence-corrected chi connectivity index (χ4v) is 13.0. The monoisotopic (exact) mass is 1050 g/mol. The van der Waals surface area contributed by atoms with Crippen molar-refractivity contribution in [1.82, 2.24) is 9.13 Å². The third kappa shape index (κ3) is 8.05. The average molecular weight is 1050 g/mol. The van der Waals surface area contributed by atoms with Gasteiger partial charge < -0.3 is 18.9 Å². The summed E-state index contributed by atoms with van der Waals surface area (Å²) in [5.74, 6) is 0. The van der Waals surface area contributed by atoms with Gasteiger partial charge in [0.25, 0.3) is 0 Å². The van der Waals surface area contributed by atoms with Gasteiger partial charge in [-0.15, -0.1) is 0 Å². The molecule has 0 unspecified atom stereocenters. The zero-order valence-electron chi connectivity index (χ0n) is 46.3. The van der Waals surface area contributed by atoms with Gasteiger partial charge in [-0.1, -0.05) is 146 Å². The SMILES string of the molecule is Cc1c(C)n(-c2ccc(N(c3ccccc3)c3ccccc3)cc2)c2cc3c(-c4ccc5ccccc5c4)c4cc5c(C)c(C)n(-c6ccc(N(c7ccccc7)c7ccccc7)cc6)c5cc4c(-c4ccc5ccccc5c4)c3cc12. The molecule has 4 nitrogen and oxygen atoms in total. The number of hydrogen-bond donors (Lipinski definition) is 0. The van der Waals surface area contributed by atoms with Crippen molar-refractivity contribution in [3.63, 3.8) is 0 Å². The number of benzene rings is 13. The summed E-state index contributed by atoms with van der Waals surface area (Å²) in [4.78, 5) is 4.66. The molecular formula is C78H58N4. The van der Waals surface area contributed by atoms with Crippen LogP contribution < -0.4 is 9.80 Å². The van der Waals surface area contributed by atoms with Crippen LogP contribution in [0.3, 0.4) is 0 Å². The van der Waals surface area contributed by atoms with Gasteiger partial charge in [-0.05, 0) is 238 Å². The Morgan fingerprint density at radius 3 is 0.878 bits per heavy atom.